The predicted octanol–water partition coefficient (Wildman–Crippen LogP) is 1.70. The Morgan fingerprint density at radius 3 is 2.55 bits per heavy atom. The lowest BCUT2D eigenvalue weighted by Crippen LogP contribution is -2.31. The number of anilines is 1. The smallest absolute Gasteiger partial charge is 0.313 e. The molecule has 2 rings (SSSR count). The van der Waals surface area contributed by atoms with Crippen LogP contribution in [-0.4, -0.2) is 33.9 Å². The third-order valence-corrected chi connectivity index (χ3v) is 4.30. The van der Waals surface area contributed by atoms with Gasteiger partial charge in [0.15, 0.2) is 0 Å². The van der Waals surface area contributed by atoms with E-state index in [1.807, 2.05) is 19.1 Å². The number of carbonyl (C=O) groups is 3. The second kappa shape index (κ2) is 6.09. The van der Waals surface area contributed by atoms with Gasteiger partial charge in [0.2, 0.25) is 11.8 Å². The molecule has 106 valence electrons. The van der Waals surface area contributed by atoms with Crippen LogP contribution in [0.2, 0.25) is 0 Å². The molecule has 0 spiro atoms. The Hall–Kier alpha value is -1.82. The average molecular weight is 293 g/mol. The Morgan fingerprint density at radius 1 is 1.35 bits per heavy atom. The number of carbonyl (C=O) groups excluding carboxylic acids is 2. The summed E-state index contributed by atoms with van der Waals surface area (Å²) in [6.07, 6.45) is 0.950. The number of benzene rings is 1. The van der Waals surface area contributed by atoms with Crippen molar-refractivity contribution in [3.8, 4) is 0 Å². The maximum absolute atomic E-state index is 12.2. The fourth-order valence-electron chi connectivity index (χ4n) is 2.06. The minimum Gasteiger partial charge on any atom is -0.481 e. The van der Waals surface area contributed by atoms with E-state index in [0.29, 0.717) is 5.69 Å². The van der Waals surface area contributed by atoms with Gasteiger partial charge in [0.05, 0.1) is 16.7 Å². The molecular formula is C14H15NO4S. The highest BCUT2D eigenvalue weighted by Gasteiger charge is 2.39. The van der Waals surface area contributed by atoms with Crippen LogP contribution in [0.5, 0.6) is 0 Å². The molecule has 1 aliphatic heterocycles. The predicted molar refractivity (Wildman–Crippen MR) is 76.8 cm³/mol. The summed E-state index contributed by atoms with van der Waals surface area (Å²) in [6.45, 7) is 2.03. The van der Waals surface area contributed by atoms with Gasteiger partial charge in [-0.3, -0.25) is 14.4 Å². The van der Waals surface area contributed by atoms with Crippen molar-refractivity contribution in [3.05, 3.63) is 29.8 Å². The van der Waals surface area contributed by atoms with Crippen LogP contribution in [-0.2, 0) is 20.8 Å². The Kier molecular flexibility index (Phi) is 4.44. The summed E-state index contributed by atoms with van der Waals surface area (Å²) in [5.74, 6) is -1.76. The van der Waals surface area contributed by atoms with Crippen molar-refractivity contribution in [2.75, 3.05) is 10.7 Å². The molecule has 1 saturated heterocycles. The maximum atomic E-state index is 12.2. The molecule has 1 heterocycles. The fourth-order valence-corrected chi connectivity index (χ4v) is 2.91. The zero-order chi connectivity index (χ0) is 14.7. The average Bonchev–Trinajstić information content (AvgIpc) is 2.71. The van der Waals surface area contributed by atoms with Gasteiger partial charge in [-0.15, -0.1) is 11.8 Å². The Labute approximate surface area is 121 Å². The normalized spacial score (nSPS) is 18.6. The van der Waals surface area contributed by atoms with Gasteiger partial charge in [0.1, 0.15) is 0 Å². The first kappa shape index (κ1) is 14.6. The number of hydrogen-bond acceptors (Lipinski definition) is 4. The van der Waals surface area contributed by atoms with Crippen LogP contribution in [0, 0.1) is 0 Å². The van der Waals surface area contributed by atoms with Crippen molar-refractivity contribution >= 4 is 35.2 Å². The highest BCUT2D eigenvalue weighted by atomic mass is 32.2. The second-order valence-electron chi connectivity index (χ2n) is 4.48. The van der Waals surface area contributed by atoms with Crippen LogP contribution in [0.3, 0.4) is 0 Å². The number of rotatable bonds is 5. The number of imide groups is 1. The quantitative estimate of drug-likeness (QED) is 0.836. The molecule has 1 N–H and O–H groups in total. The summed E-state index contributed by atoms with van der Waals surface area (Å²) >= 11 is 0.998. The topological polar surface area (TPSA) is 74.7 Å². The largest absolute Gasteiger partial charge is 0.481 e. The fraction of sp³-hybridized carbons (Fsp3) is 0.357. The maximum Gasteiger partial charge on any atom is 0.313 e. The van der Waals surface area contributed by atoms with E-state index in [-0.39, 0.29) is 24.0 Å². The molecule has 1 atom stereocenters. The molecule has 0 saturated carbocycles. The molecule has 0 bridgehead atoms. The molecule has 0 aliphatic carbocycles. The molecule has 20 heavy (non-hydrogen) atoms. The molecule has 6 heteroatoms. The first-order valence-corrected chi connectivity index (χ1v) is 7.37. The molecule has 5 nitrogen and oxygen atoms in total. The number of nitrogens with zero attached hydrogens (tertiary/aromatic N) is 1. The van der Waals surface area contributed by atoms with E-state index in [0.717, 1.165) is 28.6 Å². The van der Waals surface area contributed by atoms with Crippen LogP contribution in [0.15, 0.2) is 24.3 Å². The van der Waals surface area contributed by atoms with Gasteiger partial charge in [-0.05, 0) is 24.1 Å². The zero-order valence-electron chi connectivity index (χ0n) is 11.0. The van der Waals surface area contributed by atoms with Gasteiger partial charge in [0.25, 0.3) is 0 Å². The number of aliphatic carboxylic acids is 1. The van der Waals surface area contributed by atoms with Crippen molar-refractivity contribution in [3.63, 3.8) is 0 Å². The van der Waals surface area contributed by atoms with Gasteiger partial charge in [-0.2, -0.15) is 0 Å². The first-order valence-electron chi connectivity index (χ1n) is 6.32. The standard InChI is InChI=1S/C14H15NO4S/c1-2-9-3-5-10(6-4-9)15-12(16)7-11(14(15)19)20-8-13(17)18/h3-6,11H,2,7-8H2,1H3,(H,17,18). The first-order chi connectivity index (χ1) is 9.52. The van der Waals surface area contributed by atoms with E-state index in [9.17, 15) is 14.4 Å². The van der Waals surface area contributed by atoms with Crippen molar-refractivity contribution < 1.29 is 19.5 Å². The van der Waals surface area contributed by atoms with Gasteiger partial charge in [0, 0.05) is 6.42 Å². The van der Waals surface area contributed by atoms with E-state index >= 15 is 0 Å². The van der Waals surface area contributed by atoms with Crippen LogP contribution in [0.1, 0.15) is 18.9 Å². The SMILES string of the molecule is CCc1ccc(N2C(=O)CC(SCC(=O)O)C2=O)cc1. The zero-order valence-corrected chi connectivity index (χ0v) is 11.9. The third-order valence-electron chi connectivity index (χ3n) is 3.12. The minimum atomic E-state index is -0.985. The number of amides is 2. The number of carboxylic acid groups (broad SMARTS) is 1. The molecule has 0 radical (unpaired) electrons. The van der Waals surface area contributed by atoms with E-state index in [1.165, 1.54) is 0 Å². The lowest BCUT2D eigenvalue weighted by atomic mass is 10.1. The third kappa shape index (κ3) is 3.01. The molecule has 2 amide bonds. The van der Waals surface area contributed by atoms with Crippen molar-refractivity contribution in [2.45, 2.75) is 25.0 Å². The summed E-state index contributed by atoms with van der Waals surface area (Å²) in [6, 6.07) is 7.26. The highest BCUT2D eigenvalue weighted by molar-refractivity contribution is 8.01. The summed E-state index contributed by atoms with van der Waals surface area (Å²) in [5, 5.41) is 8.04. The molecule has 1 aromatic carbocycles. The van der Waals surface area contributed by atoms with Crippen LogP contribution in [0.4, 0.5) is 5.69 Å². The van der Waals surface area contributed by atoms with E-state index in [1.54, 1.807) is 12.1 Å². The summed E-state index contributed by atoms with van der Waals surface area (Å²) in [7, 11) is 0. The second-order valence-corrected chi connectivity index (χ2v) is 5.68. The molecule has 1 fully saturated rings. The van der Waals surface area contributed by atoms with Gasteiger partial charge in [-0.25, -0.2) is 4.90 Å². The van der Waals surface area contributed by atoms with Crippen molar-refractivity contribution in [1.82, 2.24) is 0 Å². The van der Waals surface area contributed by atoms with Crippen LogP contribution >= 0.6 is 11.8 Å². The van der Waals surface area contributed by atoms with E-state index < -0.39 is 11.2 Å². The summed E-state index contributed by atoms with van der Waals surface area (Å²) in [4.78, 5) is 35.8. The lowest BCUT2D eigenvalue weighted by Gasteiger charge is -2.15. The van der Waals surface area contributed by atoms with Gasteiger partial charge >= 0.3 is 5.97 Å². The molecule has 1 aromatic rings. The molecule has 1 unspecified atom stereocenters. The number of aryl methyl sites for hydroxylation is 1. The molecule has 0 aromatic heterocycles. The van der Waals surface area contributed by atoms with Gasteiger partial charge < -0.3 is 5.11 Å². The number of carboxylic acids is 1. The molecular weight excluding hydrogens is 278 g/mol. The number of hydrogen-bond donors (Lipinski definition) is 1. The van der Waals surface area contributed by atoms with Crippen molar-refractivity contribution in [2.24, 2.45) is 0 Å². The summed E-state index contributed by atoms with van der Waals surface area (Å²) in [5.41, 5.74) is 1.68. The van der Waals surface area contributed by atoms with E-state index in [2.05, 4.69) is 0 Å². The Balaban J connectivity index is 2.13. The van der Waals surface area contributed by atoms with Crippen LogP contribution < -0.4 is 4.90 Å². The van der Waals surface area contributed by atoms with E-state index in [4.69, 9.17) is 5.11 Å². The van der Waals surface area contributed by atoms with Gasteiger partial charge in [-0.1, -0.05) is 19.1 Å². The monoisotopic (exact) mass is 293 g/mol. The number of thioether (sulfide) groups is 1. The summed E-state index contributed by atoms with van der Waals surface area (Å²) < 4.78 is 0. The minimum absolute atomic E-state index is 0.0618. The van der Waals surface area contributed by atoms with Crippen molar-refractivity contribution in [1.29, 1.82) is 0 Å². The lowest BCUT2D eigenvalue weighted by molar-refractivity contribution is -0.134. The molecule has 1 aliphatic rings. The Bertz CT molecular complexity index is 541. The Morgan fingerprint density at radius 2 is 2.00 bits per heavy atom. The highest BCUT2D eigenvalue weighted by Crippen LogP contribution is 2.29. The van der Waals surface area contributed by atoms with Crippen LogP contribution in [0.25, 0.3) is 0 Å².